The van der Waals surface area contributed by atoms with Gasteiger partial charge in [0.05, 0.1) is 24.5 Å². The number of para-hydroxylation sites is 1. The number of hydrogen-bond donors (Lipinski definition) is 2. The SMILES string of the molecule is CCOC(=O)CCCNc1nc([C@H](CC)Nc2ncnc3c2ncn3C2CCCCO2)nc2ccccc12. The highest BCUT2D eigenvalue weighted by atomic mass is 16.5. The normalized spacial score (nSPS) is 16.4. The summed E-state index contributed by atoms with van der Waals surface area (Å²) in [5.74, 6) is 1.84. The molecule has 1 aromatic carbocycles. The standard InChI is InChI=1S/C27H34N8O3/c1-3-19(32-26-23-27(30-16-29-26)35(17-31-23)21-12-7-8-15-38-21)25-33-20-11-6-5-10-18(20)24(34-25)28-14-9-13-22(36)37-4-2/h5-6,10-11,16-17,19,21H,3-4,7-9,12-15H2,1-2H3,(H,28,33,34)(H,29,30,32)/t19-,21?/m0/s1. The van der Waals surface area contributed by atoms with Crippen LogP contribution in [-0.4, -0.2) is 55.2 Å². The van der Waals surface area contributed by atoms with Crippen LogP contribution in [-0.2, 0) is 14.3 Å². The number of rotatable bonds is 11. The van der Waals surface area contributed by atoms with E-state index in [1.807, 2.05) is 35.8 Å². The molecule has 1 fully saturated rings. The number of nitrogens with one attached hydrogen (secondary N) is 2. The Hall–Kier alpha value is -3.86. The zero-order valence-electron chi connectivity index (χ0n) is 21.9. The van der Waals surface area contributed by atoms with E-state index < -0.39 is 0 Å². The number of ether oxygens (including phenoxy) is 2. The molecule has 0 spiro atoms. The molecule has 0 amide bonds. The zero-order chi connectivity index (χ0) is 26.3. The second kappa shape index (κ2) is 12.1. The molecule has 2 atom stereocenters. The molecule has 200 valence electrons. The number of imidazole rings is 1. The minimum atomic E-state index is -0.200. The van der Waals surface area contributed by atoms with Crippen LogP contribution in [0.1, 0.15) is 70.5 Å². The molecule has 4 heterocycles. The van der Waals surface area contributed by atoms with Crippen LogP contribution < -0.4 is 10.6 Å². The Balaban J connectivity index is 1.38. The van der Waals surface area contributed by atoms with Crippen molar-refractivity contribution >= 4 is 39.7 Å². The topological polar surface area (TPSA) is 129 Å². The first kappa shape index (κ1) is 25.8. The van der Waals surface area contributed by atoms with Gasteiger partial charge >= 0.3 is 5.97 Å². The molecule has 38 heavy (non-hydrogen) atoms. The van der Waals surface area contributed by atoms with Gasteiger partial charge in [-0.05, 0) is 51.2 Å². The number of carbonyl (C=O) groups is 1. The molecule has 0 aliphatic carbocycles. The van der Waals surface area contributed by atoms with Gasteiger partial charge in [-0.1, -0.05) is 19.1 Å². The summed E-state index contributed by atoms with van der Waals surface area (Å²) in [7, 11) is 0. The second-order valence-electron chi connectivity index (χ2n) is 9.26. The fraction of sp³-hybridized carbons (Fsp3) is 0.481. The highest BCUT2D eigenvalue weighted by Gasteiger charge is 2.22. The van der Waals surface area contributed by atoms with Gasteiger partial charge in [-0.15, -0.1) is 0 Å². The summed E-state index contributed by atoms with van der Waals surface area (Å²) >= 11 is 0. The summed E-state index contributed by atoms with van der Waals surface area (Å²) in [5, 5.41) is 7.84. The number of carbonyl (C=O) groups excluding carboxylic acids is 1. The Morgan fingerprint density at radius 1 is 1.16 bits per heavy atom. The van der Waals surface area contributed by atoms with Gasteiger partial charge in [0.2, 0.25) is 0 Å². The molecule has 4 aromatic rings. The van der Waals surface area contributed by atoms with Crippen LogP contribution >= 0.6 is 0 Å². The second-order valence-corrected chi connectivity index (χ2v) is 9.26. The van der Waals surface area contributed by atoms with Crippen LogP contribution in [0.25, 0.3) is 22.1 Å². The Morgan fingerprint density at radius 3 is 2.87 bits per heavy atom. The number of hydrogen-bond acceptors (Lipinski definition) is 10. The lowest BCUT2D eigenvalue weighted by molar-refractivity contribution is -0.143. The van der Waals surface area contributed by atoms with Gasteiger partial charge in [-0.2, -0.15) is 0 Å². The van der Waals surface area contributed by atoms with E-state index in [-0.39, 0.29) is 18.2 Å². The van der Waals surface area contributed by atoms with Crippen molar-refractivity contribution in [3.8, 4) is 0 Å². The predicted molar refractivity (Wildman–Crippen MR) is 145 cm³/mol. The Bertz CT molecular complexity index is 1390. The largest absolute Gasteiger partial charge is 0.466 e. The van der Waals surface area contributed by atoms with Crippen molar-refractivity contribution in [2.24, 2.45) is 0 Å². The molecule has 0 bridgehead atoms. The average Bonchev–Trinajstić information content (AvgIpc) is 3.39. The van der Waals surface area contributed by atoms with Gasteiger partial charge in [0.15, 0.2) is 22.8 Å². The Labute approximate surface area is 221 Å². The molecule has 1 unspecified atom stereocenters. The van der Waals surface area contributed by atoms with E-state index in [9.17, 15) is 4.79 Å². The molecule has 11 heteroatoms. The summed E-state index contributed by atoms with van der Waals surface area (Å²) in [4.78, 5) is 35.1. The van der Waals surface area contributed by atoms with E-state index >= 15 is 0 Å². The number of benzene rings is 1. The van der Waals surface area contributed by atoms with Gasteiger partial charge < -0.3 is 20.1 Å². The molecule has 0 saturated carbocycles. The minimum absolute atomic E-state index is 0.0558. The van der Waals surface area contributed by atoms with Gasteiger partial charge in [0, 0.05) is 25.0 Å². The van der Waals surface area contributed by atoms with Crippen molar-refractivity contribution in [1.82, 2.24) is 29.5 Å². The molecule has 1 aliphatic rings. The summed E-state index contributed by atoms with van der Waals surface area (Å²) in [6.45, 7) is 5.63. The molecule has 11 nitrogen and oxygen atoms in total. The molecular formula is C27H34N8O3. The van der Waals surface area contributed by atoms with Crippen molar-refractivity contribution in [2.75, 3.05) is 30.4 Å². The first-order valence-corrected chi connectivity index (χ1v) is 13.4. The van der Waals surface area contributed by atoms with Crippen LogP contribution in [0.4, 0.5) is 11.6 Å². The Kier molecular flexibility index (Phi) is 8.22. The van der Waals surface area contributed by atoms with Crippen LogP contribution in [0.3, 0.4) is 0 Å². The highest BCUT2D eigenvalue weighted by Crippen LogP contribution is 2.30. The number of anilines is 2. The van der Waals surface area contributed by atoms with E-state index in [1.165, 1.54) is 0 Å². The predicted octanol–water partition coefficient (Wildman–Crippen LogP) is 4.79. The zero-order valence-corrected chi connectivity index (χ0v) is 21.9. The molecule has 1 aliphatic heterocycles. The van der Waals surface area contributed by atoms with Gasteiger partial charge in [-0.3, -0.25) is 9.36 Å². The number of esters is 1. The van der Waals surface area contributed by atoms with Crippen molar-refractivity contribution in [3.05, 3.63) is 42.7 Å². The molecule has 2 N–H and O–H groups in total. The van der Waals surface area contributed by atoms with Gasteiger partial charge in [-0.25, -0.2) is 24.9 Å². The fourth-order valence-corrected chi connectivity index (χ4v) is 4.68. The van der Waals surface area contributed by atoms with Crippen LogP contribution in [0.5, 0.6) is 0 Å². The van der Waals surface area contributed by atoms with E-state index in [4.69, 9.17) is 19.4 Å². The molecule has 5 rings (SSSR count). The van der Waals surface area contributed by atoms with Crippen LogP contribution in [0, 0.1) is 0 Å². The highest BCUT2D eigenvalue weighted by molar-refractivity contribution is 5.89. The third-order valence-electron chi connectivity index (χ3n) is 6.63. The maximum absolute atomic E-state index is 11.7. The van der Waals surface area contributed by atoms with Gasteiger partial charge in [0.1, 0.15) is 18.4 Å². The molecule has 3 aromatic heterocycles. The van der Waals surface area contributed by atoms with Crippen LogP contribution in [0.15, 0.2) is 36.9 Å². The average molecular weight is 519 g/mol. The van der Waals surface area contributed by atoms with Crippen LogP contribution in [0.2, 0.25) is 0 Å². The number of fused-ring (bicyclic) bond motifs is 2. The Morgan fingerprint density at radius 2 is 2.05 bits per heavy atom. The lowest BCUT2D eigenvalue weighted by Crippen LogP contribution is -2.18. The van der Waals surface area contributed by atoms with Crippen molar-refractivity contribution < 1.29 is 14.3 Å². The summed E-state index contributed by atoms with van der Waals surface area (Å²) in [5.41, 5.74) is 2.28. The summed E-state index contributed by atoms with van der Waals surface area (Å²) in [6, 6.07) is 7.70. The van der Waals surface area contributed by atoms with Crippen molar-refractivity contribution in [3.63, 3.8) is 0 Å². The maximum atomic E-state index is 11.7. The number of aromatic nitrogens is 6. The first-order chi connectivity index (χ1) is 18.7. The monoisotopic (exact) mass is 518 g/mol. The molecule has 1 saturated heterocycles. The lowest BCUT2D eigenvalue weighted by Gasteiger charge is -2.23. The maximum Gasteiger partial charge on any atom is 0.305 e. The molecular weight excluding hydrogens is 484 g/mol. The van der Waals surface area contributed by atoms with E-state index in [0.717, 1.165) is 54.7 Å². The van der Waals surface area contributed by atoms with E-state index in [1.54, 1.807) is 12.7 Å². The summed E-state index contributed by atoms with van der Waals surface area (Å²) < 4.78 is 13.0. The third-order valence-corrected chi connectivity index (χ3v) is 6.63. The fourth-order valence-electron chi connectivity index (χ4n) is 4.68. The van der Waals surface area contributed by atoms with Crippen molar-refractivity contribution in [1.29, 1.82) is 0 Å². The number of nitrogens with zero attached hydrogens (tertiary/aromatic N) is 6. The van der Waals surface area contributed by atoms with E-state index in [0.29, 0.717) is 43.2 Å². The van der Waals surface area contributed by atoms with Crippen molar-refractivity contribution in [2.45, 2.75) is 64.6 Å². The lowest BCUT2D eigenvalue weighted by atomic mass is 10.1. The third kappa shape index (κ3) is 5.67. The summed E-state index contributed by atoms with van der Waals surface area (Å²) in [6.07, 6.45) is 8.16. The van der Waals surface area contributed by atoms with Gasteiger partial charge in [0.25, 0.3) is 0 Å². The van der Waals surface area contributed by atoms with E-state index in [2.05, 4.69) is 32.5 Å². The quantitative estimate of drug-likeness (QED) is 0.211. The smallest absolute Gasteiger partial charge is 0.305 e. The first-order valence-electron chi connectivity index (χ1n) is 13.4. The molecule has 0 radical (unpaired) electrons. The minimum Gasteiger partial charge on any atom is -0.466 e.